The number of carbonyl (C=O) groups excluding carboxylic acids is 2. The third kappa shape index (κ3) is 8.16. The highest BCUT2D eigenvalue weighted by Crippen LogP contribution is 2.20. The number of hydrogen-bond acceptors (Lipinski definition) is 2. The topological polar surface area (TPSA) is 46.2 Å². The Labute approximate surface area is 92.6 Å². The molecule has 15 heavy (non-hydrogen) atoms. The van der Waals surface area contributed by atoms with Crippen LogP contribution in [0.3, 0.4) is 0 Å². The van der Waals surface area contributed by atoms with Gasteiger partial charge in [-0.3, -0.25) is 4.79 Å². The molecule has 0 aromatic carbocycles. The van der Waals surface area contributed by atoms with Crippen molar-refractivity contribution in [2.75, 3.05) is 6.54 Å². The lowest BCUT2D eigenvalue weighted by atomic mass is 9.88. The summed E-state index contributed by atoms with van der Waals surface area (Å²) in [5.41, 5.74) is 0.153. The van der Waals surface area contributed by atoms with E-state index in [-0.39, 0.29) is 17.1 Å². The third-order valence-corrected chi connectivity index (χ3v) is 2.40. The van der Waals surface area contributed by atoms with Crippen molar-refractivity contribution in [1.82, 2.24) is 5.32 Å². The van der Waals surface area contributed by atoms with Gasteiger partial charge in [0.15, 0.2) is 0 Å². The van der Waals surface area contributed by atoms with E-state index >= 15 is 0 Å². The number of Topliss-reactive ketones (excluding diaryl/α,β-unsaturated/α-hetero) is 1. The molecule has 3 nitrogen and oxygen atoms in total. The van der Waals surface area contributed by atoms with Gasteiger partial charge in [-0.15, -0.1) is 0 Å². The quantitative estimate of drug-likeness (QED) is 0.705. The summed E-state index contributed by atoms with van der Waals surface area (Å²) in [5, 5.41) is 2.87. The monoisotopic (exact) mass is 213 g/mol. The predicted molar refractivity (Wildman–Crippen MR) is 61.6 cm³/mol. The van der Waals surface area contributed by atoms with Gasteiger partial charge in [0.2, 0.25) is 5.91 Å². The van der Waals surface area contributed by atoms with Crippen LogP contribution < -0.4 is 5.32 Å². The summed E-state index contributed by atoms with van der Waals surface area (Å²) in [5.74, 6) is 0.0485. The van der Waals surface area contributed by atoms with Gasteiger partial charge in [0.1, 0.15) is 5.78 Å². The molecule has 3 heteroatoms. The van der Waals surface area contributed by atoms with E-state index in [1.165, 1.54) is 6.92 Å². The van der Waals surface area contributed by atoms with Crippen LogP contribution in [0.4, 0.5) is 0 Å². The van der Waals surface area contributed by atoms with Crippen molar-refractivity contribution < 1.29 is 9.59 Å². The molecule has 0 aliphatic carbocycles. The Morgan fingerprint density at radius 1 is 1.20 bits per heavy atom. The van der Waals surface area contributed by atoms with Crippen molar-refractivity contribution in [2.45, 2.75) is 53.4 Å². The van der Waals surface area contributed by atoms with Gasteiger partial charge in [-0.1, -0.05) is 27.2 Å². The number of carbonyl (C=O) groups is 2. The van der Waals surface area contributed by atoms with Crippen molar-refractivity contribution in [3.8, 4) is 0 Å². The fourth-order valence-corrected chi connectivity index (χ4v) is 1.48. The maximum absolute atomic E-state index is 11.3. The van der Waals surface area contributed by atoms with Crippen LogP contribution >= 0.6 is 0 Å². The van der Waals surface area contributed by atoms with Crippen LogP contribution in [0.1, 0.15) is 53.4 Å². The van der Waals surface area contributed by atoms with Crippen molar-refractivity contribution in [3.05, 3.63) is 0 Å². The fourth-order valence-electron chi connectivity index (χ4n) is 1.48. The Morgan fingerprint density at radius 3 is 2.27 bits per heavy atom. The molecule has 1 N–H and O–H groups in total. The first-order chi connectivity index (χ1) is 6.87. The molecule has 1 amide bonds. The summed E-state index contributed by atoms with van der Waals surface area (Å²) in [6.07, 6.45) is 2.88. The molecule has 0 aromatic heterocycles. The number of amides is 1. The first-order valence-corrected chi connectivity index (χ1v) is 5.63. The Hall–Kier alpha value is -0.860. The first kappa shape index (κ1) is 14.1. The van der Waals surface area contributed by atoms with Gasteiger partial charge in [0, 0.05) is 19.4 Å². The van der Waals surface area contributed by atoms with E-state index in [0.717, 1.165) is 12.8 Å². The zero-order valence-corrected chi connectivity index (χ0v) is 10.4. The second-order valence-electron chi connectivity index (χ2n) is 4.89. The smallest absolute Gasteiger partial charge is 0.220 e. The van der Waals surface area contributed by atoms with Gasteiger partial charge in [-0.25, -0.2) is 0 Å². The van der Waals surface area contributed by atoms with Crippen molar-refractivity contribution in [2.24, 2.45) is 5.41 Å². The molecule has 0 heterocycles. The minimum atomic E-state index is -0.0191. The molecule has 0 bridgehead atoms. The van der Waals surface area contributed by atoms with Crippen LogP contribution in [0, 0.1) is 5.41 Å². The second kappa shape index (κ2) is 6.59. The van der Waals surface area contributed by atoms with E-state index in [9.17, 15) is 9.59 Å². The molecule has 0 spiro atoms. The van der Waals surface area contributed by atoms with Gasteiger partial charge in [-0.05, 0) is 18.8 Å². The lowest BCUT2D eigenvalue weighted by Gasteiger charge is -2.24. The van der Waals surface area contributed by atoms with Gasteiger partial charge >= 0.3 is 0 Å². The summed E-state index contributed by atoms with van der Waals surface area (Å²) in [7, 11) is 0. The highest BCUT2D eigenvalue weighted by atomic mass is 16.2. The molecule has 0 rings (SSSR count). The molecule has 0 fully saturated rings. The molecule has 0 aliphatic rings. The van der Waals surface area contributed by atoms with Crippen LogP contribution in [-0.4, -0.2) is 18.2 Å². The molecule has 0 saturated carbocycles. The van der Waals surface area contributed by atoms with E-state index < -0.39 is 0 Å². The molecule has 0 unspecified atom stereocenters. The standard InChI is InChI=1S/C12H23NO2/c1-5-8-12(3,4)9-13-11(15)7-6-10(2)14/h5-9H2,1-4H3,(H,13,15). The summed E-state index contributed by atoms with van der Waals surface area (Å²) >= 11 is 0. The number of nitrogens with one attached hydrogen (secondary N) is 1. The largest absolute Gasteiger partial charge is 0.356 e. The highest BCUT2D eigenvalue weighted by Gasteiger charge is 2.17. The van der Waals surface area contributed by atoms with Crippen molar-refractivity contribution in [1.29, 1.82) is 0 Å². The normalized spacial score (nSPS) is 11.2. The van der Waals surface area contributed by atoms with Gasteiger partial charge in [-0.2, -0.15) is 0 Å². The Bertz CT molecular complexity index is 222. The summed E-state index contributed by atoms with van der Waals surface area (Å²) in [4.78, 5) is 22.0. The van der Waals surface area contributed by atoms with Crippen LogP contribution in [0.15, 0.2) is 0 Å². The molecular formula is C12H23NO2. The maximum atomic E-state index is 11.3. The Kier molecular flexibility index (Phi) is 6.21. The Morgan fingerprint density at radius 2 is 1.80 bits per heavy atom. The number of hydrogen-bond donors (Lipinski definition) is 1. The molecule has 0 atom stereocenters. The maximum Gasteiger partial charge on any atom is 0.220 e. The van der Waals surface area contributed by atoms with Gasteiger partial charge < -0.3 is 10.1 Å². The third-order valence-electron chi connectivity index (χ3n) is 2.40. The first-order valence-electron chi connectivity index (χ1n) is 5.63. The molecule has 88 valence electrons. The van der Waals surface area contributed by atoms with Crippen LogP contribution in [-0.2, 0) is 9.59 Å². The molecule has 0 saturated heterocycles. The van der Waals surface area contributed by atoms with Crippen LogP contribution in [0.5, 0.6) is 0 Å². The fraction of sp³-hybridized carbons (Fsp3) is 0.833. The zero-order chi connectivity index (χ0) is 11.9. The van der Waals surface area contributed by atoms with Gasteiger partial charge in [0.25, 0.3) is 0 Å². The van der Waals surface area contributed by atoms with Crippen LogP contribution in [0.2, 0.25) is 0 Å². The lowest BCUT2D eigenvalue weighted by molar-refractivity contribution is -0.124. The molecule has 0 radical (unpaired) electrons. The average molecular weight is 213 g/mol. The average Bonchev–Trinajstić information content (AvgIpc) is 2.11. The minimum absolute atomic E-state index is 0.0191. The molecule has 0 aromatic rings. The summed E-state index contributed by atoms with van der Waals surface area (Å²) in [6, 6.07) is 0. The van der Waals surface area contributed by atoms with E-state index in [4.69, 9.17) is 0 Å². The van der Waals surface area contributed by atoms with Crippen LogP contribution in [0.25, 0.3) is 0 Å². The van der Waals surface area contributed by atoms with Gasteiger partial charge in [0.05, 0.1) is 0 Å². The highest BCUT2D eigenvalue weighted by molar-refractivity contribution is 5.83. The minimum Gasteiger partial charge on any atom is -0.356 e. The second-order valence-corrected chi connectivity index (χ2v) is 4.89. The molecular weight excluding hydrogens is 190 g/mol. The van der Waals surface area contributed by atoms with Crippen molar-refractivity contribution >= 4 is 11.7 Å². The SMILES string of the molecule is CCCC(C)(C)CNC(=O)CCC(C)=O. The molecule has 0 aliphatic heterocycles. The lowest BCUT2D eigenvalue weighted by Crippen LogP contribution is -2.33. The van der Waals surface area contributed by atoms with E-state index in [2.05, 4.69) is 26.1 Å². The zero-order valence-electron chi connectivity index (χ0n) is 10.4. The van der Waals surface area contributed by atoms with E-state index in [1.807, 2.05) is 0 Å². The summed E-state index contributed by atoms with van der Waals surface area (Å²) in [6.45, 7) is 8.62. The summed E-state index contributed by atoms with van der Waals surface area (Å²) < 4.78 is 0. The predicted octanol–water partition coefficient (Wildman–Crippen LogP) is 2.30. The van der Waals surface area contributed by atoms with E-state index in [0.29, 0.717) is 19.4 Å². The number of ketones is 1. The Balaban J connectivity index is 3.74. The van der Waals surface area contributed by atoms with Crippen molar-refractivity contribution in [3.63, 3.8) is 0 Å². The van der Waals surface area contributed by atoms with E-state index in [1.54, 1.807) is 0 Å². The number of rotatable bonds is 7.